The monoisotopic (exact) mass is 410 g/mol. The second-order valence-electron chi connectivity index (χ2n) is 8.83. The Bertz CT molecular complexity index is 378. The van der Waals surface area contributed by atoms with Crippen LogP contribution >= 0.6 is 0 Å². The smallest absolute Gasteiger partial charge is 0.333 e. The van der Waals surface area contributed by atoms with E-state index in [4.69, 9.17) is 4.74 Å². The van der Waals surface area contributed by atoms with E-state index in [1.54, 1.807) is 6.92 Å². The number of rotatable bonds is 22. The molecule has 0 aromatic heterocycles. The predicted molar refractivity (Wildman–Crippen MR) is 125 cm³/mol. The van der Waals surface area contributed by atoms with Gasteiger partial charge in [0.25, 0.3) is 0 Å². The molecule has 0 fully saturated rings. The molecule has 0 saturated heterocycles. The molecule has 0 aromatic rings. The number of carbonyl (C=O) groups excluding carboxylic acids is 1. The normalized spacial score (nSPS) is 12.1. The molecule has 0 aliphatic heterocycles. The van der Waals surface area contributed by atoms with Gasteiger partial charge in [-0.2, -0.15) is 0 Å². The highest BCUT2D eigenvalue weighted by atomic mass is 16.5. The van der Waals surface area contributed by atoms with E-state index in [-0.39, 0.29) is 6.61 Å². The Balaban J connectivity index is 3.16. The number of hydrogen-bond donors (Lipinski definition) is 1. The van der Waals surface area contributed by atoms with Crippen LogP contribution in [-0.4, -0.2) is 23.8 Å². The van der Waals surface area contributed by atoms with Crippen molar-refractivity contribution < 1.29 is 14.6 Å². The highest BCUT2D eigenvalue weighted by molar-refractivity contribution is 5.86. The van der Waals surface area contributed by atoms with E-state index in [0.29, 0.717) is 12.0 Å². The molecule has 0 spiro atoms. The van der Waals surface area contributed by atoms with Crippen molar-refractivity contribution >= 4 is 5.97 Å². The Labute approximate surface area is 181 Å². The maximum Gasteiger partial charge on any atom is 0.333 e. The van der Waals surface area contributed by atoms with E-state index in [2.05, 4.69) is 13.5 Å². The molecule has 29 heavy (non-hydrogen) atoms. The highest BCUT2D eigenvalue weighted by Gasteiger charge is 2.08. The summed E-state index contributed by atoms with van der Waals surface area (Å²) in [7, 11) is 0. The zero-order valence-corrected chi connectivity index (χ0v) is 19.7. The standard InChI is InChI=1S/C26H50O3/c1-4-5-6-7-8-9-10-11-12-13-14-15-16-17-18-19-20-21-22-25(27)23-29-26(28)24(2)3/h25,27H,2,4-23H2,1,3H3. The largest absolute Gasteiger partial charge is 0.460 e. The number of carbonyl (C=O) groups is 1. The lowest BCUT2D eigenvalue weighted by molar-refractivity contribution is -0.142. The van der Waals surface area contributed by atoms with Gasteiger partial charge in [0.1, 0.15) is 6.61 Å². The summed E-state index contributed by atoms with van der Waals surface area (Å²) in [5.41, 5.74) is 0.380. The molecule has 1 unspecified atom stereocenters. The van der Waals surface area contributed by atoms with Crippen LogP contribution in [0.2, 0.25) is 0 Å². The van der Waals surface area contributed by atoms with Crippen molar-refractivity contribution in [2.75, 3.05) is 6.61 Å². The third kappa shape index (κ3) is 21.7. The number of ether oxygens (including phenoxy) is 1. The molecule has 172 valence electrons. The third-order valence-corrected chi connectivity index (χ3v) is 5.65. The maximum atomic E-state index is 11.3. The fraction of sp³-hybridized carbons (Fsp3) is 0.885. The van der Waals surface area contributed by atoms with Gasteiger partial charge in [0, 0.05) is 5.57 Å². The summed E-state index contributed by atoms with van der Waals surface area (Å²) in [5.74, 6) is -0.415. The van der Waals surface area contributed by atoms with Crippen LogP contribution in [0, 0.1) is 0 Å². The van der Waals surface area contributed by atoms with Crippen LogP contribution in [0.25, 0.3) is 0 Å². The second kappa shape index (κ2) is 21.9. The molecule has 0 rings (SSSR count). The van der Waals surface area contributed by atoms with Crippen molar-refractivity contribution in [3.63, 3.8) is 0 Å². The molecule has 1 atom stereocenters. The fourth-order valence-electron chi connectivity index (χ4n) is 3.66. The first-order valence-electron chi connectivity index (χ1n) is 12.6. The molecule has 0 radical (unpaired) electrons. The molecule has 0 aliphatic rings. The maximum absolute atomic E-state index is 11.3. The number of hydrogen-bond acceptors (Lipinski definition) is 3. The van der Waals surface area contributed by atoms with E-state index >= 15 is 0 Å². The van der Waals surface area contributed by atoms with E-state index in [0.717, 1.165) is 12.8 Å². The number of esters is 1. The van der Waals surface area contributed by atoms with Crippen molar-refractivity contribution in [1.82, 2.24) is 0 Å². The Morgan fingerprint density at radius 2 is 1.07 bits per heavy atom. The van der Waals surface area contributed by atoms with Crippen LogP contribution in [-0.2, 0) is 9.53 Å². The molecule has 0 aromatic carbocycles. The first-order valence-corrected chi connectivity index (χ1v) is 12.6. The molecule has 0 aliphatic carbocycles. The molecule has 0 amide bonds. The summed E-state index contributed by atoms with van der Waals surface area (Å²) < 4.78 is 4.96. The first-order chi connectivity index (χ1) is 14.1. The molecule has 0 heterocycles. The minimum atomic E-state index is -0.542. The molecule has 1 N–H and O–H groups in total. The Morgan fingerprint density at radius 1 is 0.724 bits per heavy atom. The van der Waals surface area contributed by atoms with Gasteiger partial charge in [-0.05, 0) is 13.3 Å². The summed E-state index contributed by atoms with van der Waals surface area (Å²) in [6.07, 6.45) is 24.7. The van der Waals surface area contributed by atoms with Crippen molar-refractivity contribution in [1.29, 1.82) is 0 Å². The average Bonchev–Trinajstić information content (AvgIpc) is 2.71. The van der Waals surface area contributed by atoms with Gasteiger partial charge in [-0.3, -0.25) is 0 Å². The van der Waals surface area contributed by atoms with E-state index < -0.39 is 12.1 Å². The second-order valence-corrected chi connectivity index (χ2v) is 8.83. The van der Waals surface area contributed by atoms with Crippen LogP contribution in [0.5, 0.6) is 0 Å². The van der Waals surface area contributed by atoms with Crippen LogP contribution in [0.4, 0.5) is 0 Å². The van der Waals surface area contributed by atoms with Crippen LogP contribution < -0.4 is 0 Å². The fourth-order valence-corrected chi connectivity index (χ4v) is 3.66. The van der Waals surface area contributed by atoms with Crippen molar-refractivity contribution in [2.45, 2.75) is 142 Å². The van der Waals surface area contributed by atoms with Gasteiger partial charge in [-0.15, -0.1) is 0 Å². The lowest BCUT2D eigenvalue weighted by atomic mass is 10.0. The Kier molecular flexibility index (Phi) is 21.2. The summed E-state index contributed by atoms with van der Waals surface area (Å²) in [6, 6.07) is 0. The minimum Gasteiger partial charge on any atom is -0.460 e. The predicted octanol–water partition coefficient (Wildman–Crippen LogP) is 7.90. The zero-order valence-electron chi connectivity index (χ0n) is 19.7. The van der Waals surface area contributed by atoms with Crippen molar-refractivity contribution in [3.05, 3.63) is 12.2 Å². The summed E-state index contributed by atoms with van der Waals surface area (Å²) in [6.45, 7) is 7.52. The number of aliphatic hydroxyl groups is 1. The van der Waals surface area contributed by atoms with Gasteiger partial charge in [-0.1, -0.05) is 129 Å². The van der Waals surface area contributed by atoms with Crippen molar-refractivity contribution in [3.8, 4) is 0 Å². The van der Waals surface area contributed by atoms with E-state index in [1.165, 1.54) is 103 Å². The quantitative estimate of drug-likeness (QED) is 0.112. The highest BCUT2D eigenvalue weighted by Crippen LogP contribution is 2.15. The minimum absolute atomic E-state index is 0.0879. The number of aliphatic hydroxyl groups excluding tert-OH is 1. The molecule has 0 saturated carbocycles. The Morgan fingerprint density at radius 3 is 1.41 bits per heavy atom. The van der Waals surface area contributed by atoms with E-state index in [1.807, 2.05) is 0 Å². The summed E-state index contributed by atoms with van der Waals surface area (Å²) >= 11 is 0. The summed E-state index contributed by atoms with van der Waals surface area (Å²) in [4.78, 5) is 11.3. The Hall–Kier alpha value is -0.830. The van der Waals surface area contributed by atoms with Crippen LogP contribution in [0.15, 0.2) is 12.2 Å². The molecule has 3 heteroatoms. The van der Waals surface area contributed by atoms with Gasteiger partial charge < -0.3 is 9.84 Å². The van der Waals surface area contributed by atoms with Gasteiger partial charge >= 0.3 is 5.97 Å². The van der Waals surface area contributed by atoms with E-state index in [9.17, 15) is 9.90 Å². The SMILES string of the molecule is C=C(C)C(=O)OCC(O)CCCCCCCCCCCCCCCCCCCC. The van der Waals surface area contributed by atoms with Crippen molar-refractivity contribution in [2.24, 2.45) is 0 Å². The average molecular weight is 411 g/mol. The summed E-state index contributed by atoms with van der Waals surface area (Å²) in [5, 5.41) is 9.81. The zero-order chi connectivity index (χ0) is 21.6. The van der Waals surface area contributed by atoms with Crippen LogP contribution in [0.1, 0.15) is 136 Å². The first kappa shape index (κ1) is 28.2. The molecule has 0 bridgehead atoms. The van der Waals surface area contributed by atoms with Gasteiger partial charge in [0.2, 0.25) is 0 Å². The molecular formula is C26H50O3. The van der Waals surface area contributed by atoms with Gasteiger partial charge in [-0.25, -0.2) is 4.79 Å². The number of unbranched alkanes of at least 4 members (excludes halogenated alkanes) is 17. The molecule has 3 nitrogen and oxygen atoms in total. The lowest BCUT2D eigenvalue weighted by Gasteiger charge is -2.11. The third-order valence-electron chi connectivity index (χ3n) is 5.65. The van der Waals surface area contributed by atoms with Gasteiger partial charge in [0.05, 0.1) is 6.10 Å². The lowest BCUT2D eigenvalue weighted by Crippen LogP contribution is -2.18. The topological polar surface area (TPSA) is 46.5 Å². The van der Waals surface area contributed by atoms with Gasteiger partial charge in [0.15, 0.2) is 0 Å². The van der Waals surface area contributed by atoms with Crippen LogP contribution in [0.3, 0.4) is 0 Å². The molecular weight excluding hydrogens is 360 g/mol.